The lowest BCUT2D eigenvalue weighted by molar-refractivity contribution is 0.340. The number of ether oxygens (including phenoxy) is 2. The molecule has 0 spiro atoms. The fourth-order valence-corrected chi connectivity index (χ4v) is 2.97. The average Bonchev–Trinajstić information content (AvgIpc) is 2.50. The Hall–Kier alpha value is -1.80. The summed E-state index contributed by atoms with van der Waals surface area (Å²) in [6, 6.07) is 10.8. The van der Waals surface area contributed by atoms with Gasteiger partial charge < -0.3 is 9.47 Å². The van der Waals surface area contributed by atoms with E-state index in [0.29, 0.717) is 16.0 Å². The lowest BCUT2D eigenvalue weighted by atomic mass is 10.3. The van der Waals surface area contributed by atoms with E-state index in [0.717, 1.165) is 0 Å². The maximum Gasteiger partial charge on any atom is 0.236 e. The molecule has 8 heteroatoms. The molecule has 2 aromatic rings. The molecular formula is C15H15BrFNO4S. The van der Waals surface area contributed by atoms with Gasteiger partial charge in [0.2, 0.25) is 10.0 Å². The van der Waals surface area contributed by atoms with E-state index in [4.69, 9.17) is 9.47 Å². The molecule has 0 aliphatic carbocycles. The first-order valence-corrected chi connectivity index (χ1v) is 9.06. The lowest BCUT2D eigenvalue weighted by Crippen LogP contribution is -2.21. The molecule has 0 fully saturated rings. The second-order valence-corrected chi connectivity index (χ2v) is 7.33. The minimum absolute atomic E-state index is 0.0557. The van der Waals surface area contributed by atoms with Crippen molar-refractivity contribution in [1.29, 1.82) is 0 Å². The van der Waals surface area contributed by atoms with Crippen LogP contribution in [-0.2, 0) is 10.0 Å². The fourth-order valence-electron chi connectivity index (χ4n) is 1.73. The summed E-state index contributed by atoms with van der Waals surface area (Å²) in [5, 5.41) is 0. The van der Waals surface area contributed by atoms with E-state index in [1.165, 1.54) is 12.1 Å². The predicted octanol–water partition coefficient (Wildman–Crippen LogP) is 3.42. The minimum Gasteiger partial charge on any atom is -0.497 e. The number of hydrogen-bond acceptors (Lipinski definition) is 4. The maximum atomic E-state index is 13.6. The minimum atomic E-state index is -3.71. The van der Waals surface area contributed by atoms with Crippen LogP contribution in [0.2, 0.25) is 0 Å². The number of anilines is 1. The van der Waals surface area contributed by atoms with Gasteiger partial charge in [-0.25, -0.2) is 12.8 Å². The van der Waals surface area contributed by atoms with Crippen molar-refractivity contribution in [3.05, 3.63) is 52.8 Å². The van der Waals surface area contributed by atoms with Gasteiger partial charge in [-0.15, -0.1) is 0 Å². The van der Waals surface area contributed by atoms with E-state index in [2.05, 4.69) is 20.7 Å². The summed E-state index contributed by atoms with van der Waals surface area (Å²) in [5.41, 5.74) is -0.0994. The van der Waals surface area contributed by atoms with Gasteiger partial charge in [-0.3, -0.25) is 4.72 Å². The summed E-state index contributed by atoms with van der Waals surface area (Å²) in [4.78, 5) is 0. The molecule has 0 aromatic heterocycles. The highest BCUT2D eigenvalue weighted by molar-refractivity contribution is 9.10. The molecule has 0 unspecified atom stereocenters. The first-order valence-electron chi connectivity index (χ1n) is 6.62. The standard InChI is InChI=1S/C15H15BrFNO4S/c1-21-12-3-5-13(6-4-12)22-8-9-23(19,20)18-15-7-2-11(16)10-14(15)17/h2-7,10,18H,8-9H2,1H3. The Balaban J connectivity index is 1.90. The Kier molecular flexibility index (Phi) is 5.84. The van der Waals surface area contributed by atoms with Crippen LogP contribution in [0.1, 0.15) is 0 Å². The monoisotopic (exact) mass is 403 g/mol. The zero-order valence-corrected chi connectivity index (χ0v) is 14.7. The summed E-state index contributed by atoms with van der Waals surface area (Å²) in [6.45, 7) is -0.0557. The maximum absolute atomic E-state index is 13.6. The third-order valence-electron chi connectivity index (χ3n) is 2.88. The molecule has 0 saturated heterocycles. The smallest absolute Gasteiger partial charge is 0.236 e. The fraction of sp³-hybridized carbons (Fsp3) is 0.200. The molecule has 1 N–H and O–H groups in total. The molecule has 0 atom stereocenters. The van der Waals surface area contributed by atoms with Crippen LogP contribution in [0.4, 0.5) is 10.1 Å². The molecule has 2 rings (SSSR count). The van der Waals surface area contributed by atoms with E-state index >= 15 is 0 Å². The molecule has 0 saturated carbocycles. The first-order chi connectivity index (χ1) is 10.9. The van der Waals surface area contributed by atoms with Crippen LogP contribution in [0.15, 0.2) is 46.9 Å². The summed E-state index contributed by atoms with van der Waals surface area (Å²) in [7, 11) is -2.16. The quantitative estimate of drug-likeness (QED) is 0.768. The number of benzene rings is 2. The van der Waals surface area contributed by atoms with Gasteiger partial charge >= 0.3 is 0 Å². The van der Waals surface area contributed by atoms with Gasteiger partial charge in [0, 0.05) is 4.47 Å². The molecule has 0 heterocycles. The molecule has 0 aliphatic heterocycles. The van der Waals surface area contributed by atoms with Crippen LogP contribution in [0.5, 0.6) is 11.5 Å². The number of rotatable bonds is 7. The first kappa shape index (κ1) is 17.6. The van der Waals surface area contributed by atoms with E-state index in [9.17, 15) is 12.8 Å². The van der Waals surface area contributed by atoms with Gasteiger partial charge in [-0.2, -0.15) is 0 Å². The highest BCUT2D eigenvalue weighted by Crippen LogP contribution is 2.21. The molecule has 124 valence electrons. The SMILES string of the molecule is COc1ccc(OCCS(=O)(=O)Nc2ccc(Br)cc2F)cc1. The Labute approximate surface area is 142 Å². The van der Waals surface area contributed by atoms with Crippen molar-refractivity contribution in [1.82, 2.24) is 0 Å². The van der Waals surface area contributed by atoms with Crippen molar-refractivity contribution in [3.63, 3.8) is 0 Å². The highest BCUT2D eigenvalue weighted by atomic mass is 79.9. The van der Waals surface area contributed by atoms with Crippen molar-refractivity contribution in [2.75, 3.05) is 24.2 Å². The van der Waals surface area contributed by atoms with Gasteiger partial charge in [0.25, 0.3) is 0 Å². The Morgan fingerprint density at radius 1 is 1.13 bits per heavy atom. The summed E-state index contributed by atoms with van der Waals surface area (Å²) >= 11 is 3.11. The van der Waals surface area contributed by atoms with Crippen molar-refractivity contribution < 1.29 is 22.3 Å². The zero-order valence-electron chi connectivity index (χ0n) is 12.3. The third kappa shape index (κ3) is 5.40. The number of nitrogens with one attached hydrogen (secondary N) is 1. The van der Waals surface area contributed by atoms with Crippen LogP contribution < -0.4 is 14.2 Å². The van der Waals surface area contributed by atoms with Crippen LogP contribution in [0.25, 0.3) is 0 Å². The number of halogens is 2. The van der Waals surface area contributed by atoms with E-state index < -0.39 is 15.8 Å². The zero-order chi connectivity index (χ0) is 16.9. The van der Waals surface area contributed by atoms with Gasteiger partial charge in [-0.05, 0) is 42.5 Å². The molecule has 0 radical (unpaired) electrons. The molecule has 0 aliphatic rings. The largest absolute Gasteiger partial charge is 0.497 e. The van der Waals surface area contributed by atoms with Crippen molar-refractivity contribution in [2.24, 2.45) is 0 Å². The number of hydrogen-bond donors (Lipinski definition) is 1. The summed E-state index contributed by atoms with van der Waals surface area (Å²) in [6.07, 6.45) is 0. The Morgan fingerprint density at radius 2 is 1.78 bits per heavy atom. The average molecular weight is 404 g/mol. The van der Waals surface area contributed by atoms with E-state index in [-0.39, 0.29) is 18.0 Å². The summed E-state index contributed by atoms with van der Waals surface area (Å²) in [5.74, 6) is 0.251. The van der Waals surface area contributed by atoms with Crippen molar-refractivity contribution in [3.8, 4) is 11.5 Å². The van der Waals surface area contributed by atoms with E-state index in [1.54, 1.807) is 37.4 Å². The molecule has 0 bridgehead atoms. The molecule has 5 nitrogen and oxygen atoms in total. The normalized spacial score (nSPS) is 11.1. The van der Waals surface area contributed by atoms with Gasteiger partial charge in [-0.1, -0.05) is 15.9 Å². The molecule has 23 heavy (non-hydrogen) atoms. The van der Waals surface area contributed by atoms with Crippen LogP contribution in [0, 0.1) is 5.82 Å². The predicted molar refractivity (Wildman–Crippen MR) is 90.0 cm³/mol. The third-order valence-corrected chi connectivity index (χ3v) is 4.61. The van der Waals surface area contributed by atoms with E-state index in [1.807, 2.05) is 0 Å². The van der Waals surface area contributed by atoms with Gasteiger partial charge in [0.1, 0.15) is 29.7 Å². The van der Waals surface area contributed by atoms with Crippen LogP contribution >= 0.6 is 15.9 Å². The number of methoxy groups -OCH3 is 1. The molecule has 2 aromatic carbocycles. The topological polar surface area (TPSA) is 64.6 Å². The highest BCUT2D eigenvalue weighted by Gasteiger charge is 2.13. The van der Waals surface area contributed by atoms with Gasteiger partial charge in [0.15, 0.2) is 0 Å². The Bertz CT molecular complexity index is 766. The second kappa shape index (κ2) is 7.65. The van der Waals surface area contributed by atoms with Crippen molar-refractivity contribution >= 4 is 31.6 Å². The Morgan fingerprint density at radius 3 is 2.39 bits per heavy atom. The molecular weight excluding hydrogens is 389 g/mol. The van der Waals surface area contributed by atoms with Crippen LogP contribution in [0.3, 0.4) is 0 Å². The second-order valence-electron chi connectivity index (χ2n) is 4.57. The van der Waals surface area contributed by atoms with Gasteiger partial charge in [0.05, 0.1) is 12.8 Å². The lowest BCUT2D eigenvalue weighted by Gasteiger charge is -2.10. The number of sulfonamides is 1. The summed E-state index contributed by atoms with van der Waals surface area (Å²) < 4.78 is 50.6. The van der Waals surface area contributed by atoms with Crippen LogP contribution in [-0.4, -0.2) is 27.9 Å². The molecule has 0 amide bonds. The van der Waals surface area contributed by atoms with Crippen molar-refractivity contribution in [2.45, 2.75) is 0 Å².